The lowest BCUT2D eigenvalue weighted by atomic mass is 10.1. The number of para-hydroxylation sites is 1. The van der Waals surface area contributed by atoms with E-state index in [1.807, 2.05) is 91.1 Å². The zero-order valence-corrected chi connectivity index (χ0v) is 50.2. The number of amides is 1. The molecule has 16 nitrogen and oxygen atoms in total. The van der Waals surface area contributed by atoms with Crippen LogP contribution >= 0.6 is 24.0 Å². The maximum Gasteiger partial charge on any atom is 0.326 e. The highest BCUT2D eigenvalue weighted by Crippen LogP contribution is 2.37. The number of aromatic nitrogens is 1. The van der Waals surface area contributed by atoms with E-state index in [4.69, 9.17) is 22.1 Å². The number of anilines is 4. The van der Waals surface area contributed by atoms with Crippen LogP contribution in [0.1, 0.15) is 92.7 Å². The molecule has 2 heterocycles. The molecule has 0 spiro atoms. The average molecular weight is 1210 g/mol. The van der Waals surface area contributed by atoms with Gasteiger partial charge in [0.15, 0.2) is 0 Å². The number of nitrogens with zero attached hydrogens (tertiary/aromatic N) is 7. The number of unbranched alkanes of at least 4 members (excludes halogenated alkanes) is 7. The van der Waals surface area contributed by atoms with Crippen LogP contribution in [0.3, 0.4) is 0 Å². The van der Waals surface area contributed by atoms with Gasteiger partial charge in [-0.25, -0.2) is 16.8 Å². The predicted molar refractivity (Wildman–Crippen MR) is 337 cm³/mol. The molecule has 0 atom stereocenters. The fourth-order valence-electron chi connectivity index (χ4n) is 8.68. The topological polar surface area (TPSA) is 217 Å². The van der Waals surface area contributed by atoms with Crippen LogP contribution in [-0.4, -0.2) is 83.7 Å². The molecule has 84 heavy (non-hydrogen) atoms. The summed E-state index contributed by atoms with van der Waals surface area (Å²) in [6.45, 7) is 4.51. The molecule has 1 saturated heterocycles. The van der Waals surface area contributed by atoms with E-state index in [1.165, 1.54) is 74.8 Å². The normalized spacial score (nSPS) is 13.1. The maximum atomic E-state index is 13.2. The lowest BCUT2D eigenvalue weighted by Gasteiger charge is -2.26. The van der Waals surface area contributed by atoms with Gasteiger partial charge in [0.1, 0.15) is 21.0 Å². The summed E-state index contributed by atoms with van der Waals surface area (Å²) < 4.78 is 70.2. The summed E-state index contributed by atoms with van der Waals surface area (Å²) in [5.74, 6) is -1.81. The highest BCUT2D eigenvalue weighted by atomic mass is 32.2. The van der Waals surface area contributed by atoms with E-state index in [0.717, 1.165) is 87.6 Å². The van der Waals surface area contributed by atoms with Gasteiger partial charge in [0.05, 0.1) is 49.8 Å². The molecule has 0 unspecified atom stereocenters. The number of azo groups is 1. The molecule has 0 bridgehead atoms. The van der Waals surface area contributed by atoms with Gasteiger partial charge in [-0.1, -0.05) is 154 Å². The molecule has 6 aromatic carbocycles. The van der Waals surface area contributed by atoms with Gasteiger partial charge < -0.3 is 18.7 Å². The van der Waals surface area contributed by atoms with Crippen LogP contribution in [0.4, 0.5) is 34.1 Å². The van der Waals surface area contributed by atoms with Crippen LogP contribution in [0.15, 0.2) is 201 Å². The fourth-order valence-corrected chi connectivity index (χ4v) is 10.9. The van der Waals surface area contributed by atoms with Crippen LogP contribution in [0.25, 0.3) is 6.08 Å². The largest absolute Gasteiger partial charge is 0.748 e. The first-order valence-corrected chi connectivity index (χ1v) is 32.0. The molecule has 0 saturated carbocycles. The van der Waals surface area contributed by atoms with E-state index >= 15 is 0 Å². The van der Waals surface area contributed by atoms with Crippen molar-refractivity contribution in [3.8, 4) is 0 Å². The Morgan fingerprint density at radius 3 is 1.82 bits per heavy atom. The standard InChI is InChI=1S/C45H52N4O6S3.C19H17N3O3S/c1-3-4-5-6-7-8-9-13-29-48(38-15-11-10-12-16-38)46-33-37-21-27-41(28-22-37)49(39-23-17-35(2)18-24-39)40-25-19-36(20-26-40)32-42-44(51)47(45(56)57-42)34-43(50)55-30-14-31-58(52,53)54;23-26(24,25)19-12-10-18(11-13-19)22-21-17-8-5-15(6-9-17)4-7-16-3-1-2-14-20-16/h10-12,15-28,32-33H,3-9,13-14,29-31,34H2,1-2H3,(H,52,53,54);1-3,5-6,8-14H,4,7H2,(H,23,24,25)/p-2/b42-32+,46-33+;. The molecule has 1 aromatic heterocycles. The van der Waals surface area contributed by atoms with Gasteiger partial charge >= 0.3 is 5.97 Å². The minimum atomic E-state index is -4.44. The highest BCUT2D eigenvalue weighted by Gasteiger charge is 2.34. The number of hydrogen-bond donors (Lipinski definition) is 0. The zero-order valence-electron chi connectivity index (χ0n) is 46.9. The summed E-state index contributed by atoms with van der Waals surface area (Å²) >= 11 is 6.45. The number of ether oxygens (including phenoxy) is 1. The fraction of sp³-hybridized carbons (Fsp3) is 0.266. The number of carbonyl (C=O) groups is 2. The van der Waals surface area contributed by atoms with Crippen molar-refractivity contribution in [3.63, 3.8) is 0 Å². The van der Waals surface area contributed by atoms with E-state index < -0.39 is 44.4 Å². The molecule has 438 valence electrons. The van der Waals surface area contributed by atoms with Crippen molar-refractivity contribution in [1.82, 2.24) is 9.88 Å². The van der Waals surface area contributed by atoms with Crippen LogP contribution in [0.2, 0.25) is 0 Å². The Labute approximate surface area is 502 Å². The third kappa shape index (κ3) is 21.2. The number of hydrazone groups is 1. The zero-order chi connectivity index (χ0) is 59.7. The van der Waals surface area contributed by atoms with Crippen LogP contribution in [0, 0.1) is 6.92 Å². The van der Waals surface area contributed by atoms with Gasteiger partial charge in [0.2, 0.25) is 0 Å². The van der Waals surface area contributed by atoms with Gasteiger partial charge in [-0.15, -0.1) is 0 Å². The Kier molecular flexibility index (Phi) is 24.6. The second-order valence-electron chi connectivity index (χ2n) is 19.8. The second kappa shape index (κ2) is 32.4. The maximum absolute atomic E-state index is 13.2. The minimum Gasteiger partial charge on any atom is -0.748 e. The number of aryl methyl sites for hydroxylation is 3. The molecular weight excluding hydrogens is 1140 g/mol. The highest BCUT2D eigenvalue weighted by molar-refractivity contribution is 8.26. The third-order valence-corrected chi connectivity index (χ3v) is 16.2. The molecule has 20 heteroatoms. The number of pyridine rings is 1. The van der Waals surface area contributed by atoms with Crippen LogP contribution < -0.4 is 9.91 Å². The van der Waals surface area contributed by atoms with Crippen molar-refractivity contribution in [2.45, 2.75) is 89.4 Å². The number of benzene rings is 6. The van der Waals surface area contributed by atoms with Gasteiger partial charge in [-0.3, -0.25) is 24.5 Å². The molecular formula is C64H67N7O9S4-2. The number of carbonyl (C=O) groups excluding carboxylic acids is 2. The van der Waals surface area contributed by atoms with Gasteiger partial charge in [-0.05, 0) is 152 Å². The van der Waals surface area contributed by atoms with E-state index in [2.05, 4.69) is 99.6 Å². The smallest absolute Gasteiger partial charge is 0.326 e. The van der Waals surface area contributed by atoms with Gasteiger partial charge in [0, 0.05) is 41.3 Å². The van der Waals surface area contributed by atoms with Gasteiger partial charge in [-0.2, -0.15) is 15.3 Å². The van der Waals surface area contributed by atoms with E-state index in [9.17, 15) is 35.5 Å². The number of esters is 1. The van der Waals surface area contributed by atoms with E-state index in [1.54, 1.807) is 12.3 Å². The van der Waals surface area contributed by atoms with Crippen LogP contribution in [0.5, 0.6) is 0 Å². The Bertz CT molecular complexity index is 3560. The first kappa shape index (κ1) is 63.9. The molecule has 1 fully saturated rings. The van der Waals surface area contributed by atoms with Crippen LogP contribution in [-0.2, 0) is 47.4 Å². The average Bonchev–Trinajstić information content (AvgIpc) is 3.97. The number of rotatable bonds is 28. The SMILES string of the molecule is CCCCCCCCCCN(/N=C/c1ccc(N(c2ccc(C)cc2)c2ccc(/C=C3/SC(=S)N(CC(=O)OCCCS(=O)(=O)[O-])C3=O)cc2)cc1)c1ccccc1.O=S(=O)([O-])c1ccc(N=Nc2ccc(CCc3ccccn3)cc2)cc1. The van der Waals surface area contributed by atoms with Crippen molar-refractivity contribution < 1.29 is 40.3 Å². The minimum absolute atomic E-state index is 0.124. The molecule has 1 amide bonds. The third-order valence-electron chi connectivity index (χ3n) is 13.2. The molecule has 0 N–H and O–H groups in total. The second-order valence-corrected chi connectivity index (χ2v) is 24.4. The Morgan fingerprint density at radius 1 is 0.667 bits per heavy atom. The lowest BCUT2D eigenvalue weighted by molar-refractivity contribution is -0.146. The summed E-state index contributed by atoms with van der Waals surface area (Å²) in [4.78, 5) is 33.2. The summed E-state index contributed by atoms with van der Waals surface area (Å²) in [6.07, 6.45) is 17.2. The summed E-state index contributed by atoms with van der Waals surface area (Å²) in [7, 11) is -8.85. The molecule has 1 aliphatic rings. The predicted octanol–water partition coefficient (Wildman–Crippen LogP) is 14.3. The quantitative estimate of drug-likeness (QED) is 0.00651. The lowest BCUT2D eigenvalue weighted by Crippen LogP contribution is -2.34. The van der Waals surface area contributed by atoms with Crippen molar-refractivity contribution in [2.24, 2.45) is 15.3 Å². The Hall–Kier alpha value is -7.72. The van der Waals surface area contributed by atoms with E-state index in [0.29, 0.717) is 16.3 Å². The van der Waals surface area contributed by atoms with Crippen molar-refractivity contribution >= 4 is 107 Å². The first-order valence-electron chi connectivity index (χ1n) is 27.8. The summed E-state index contributed by atoms with van der Waals surface area (Å²) in [5.41, 5.74) is 10.3. The Balaban J connectivity index is 0.000000323. The Morgan fingerprint density at radius 2 is 1.24 bits per heavy atom. The van der Waals surface area contributed by atoms with Crippen molar-refractivity contribution in [2.75, 3.05) is 35.4 Å². The van der Waals surface area contributed by atoms with Crippen molar-refractivity contribution in [1.29, 1.82) is 0 Å². The summed E-state index contributed by atoms with van der Waals surface area (Å²) in [5, 5.41) is 15.2. The molecule has 8 rings (SSSR count). The molecule has 0 aliphatic carbocycles. The molecule has 7 aromatic rings. The number of thioether (sulfide) groups is 1. The number of hydrogen-bond acceptors (Lipinski definition) is 17. The molecule has 0 radical (unpaired) electrons. The van der Waals surface area contributed by atoms with Gasteiger partial charge in [0.25, 0.3) is 5.91 Å². The monoisotopic (exact) mass is 1210 g/mol. The number of thiocarbonyl (C=S) groups is 1. The van der Waals surface area contributed by atoms with E-state index in [-0.39, 0.29) is 22.2 Å². The summed E-state index contributed by atoms with van der Waals surface area (Å²) in [6, 6.07) is 53.7. The van der Waals surface area contributed by atoms with Crippen molar-refractivity contribution in [3.05, 3.63) is 209 Å². The molecule has 1 aliphatic heterocycles. The first-order chi connectivity index (χ1) is 40.5.